The minimum absolute atomic E-state index is 0.00488. The van der Waals surface area contributed by atoms with E-state index < -0.39 is 53.8 Å². The Morgan fingerprint density at radius 3 is 2.32 bits per heavy atom. The number of phenols is 1. The quantitative estimate of drug-likeness (QED) is 0.178. The summed E-state index contributed by atoms with van der Waals surface area (Å²) in [5.74, 6) is -2.94. The third kappa shape index (κ3) is 9.25. The van der Waals surface area contributed by atoms with Crippen LogP contribution in [-0.4, -0.2) is 87.4 Å². The molecule has 4 atom stereocenters. The standard InChI is InChI=1S/C24H35N5O7S/c1-37-12-10-17(23(34)29-11-2-3-19(29)24(35)36)27-22(33)18(13-14-4-6-15(30)7-5-14)28-21(32)16(25)8-9-20(26)31/h4-7,16-19,30H,2-3,8-13,25H2,1H3,(H2,26,31)(H,27,33)(H,28,32)(H,35,36). The number of nitrogens with one attached hydrogen (secondary N) is 2. The number of aliphatic carboxylic acids is 1. The summed E-state index contributed by atoms with van der Waals surface area (Å²) in [4.78, 5) is 63.2. The summed E-state index contributed by atoms with van der Waals surface area (Å²) in [5.41, 5.74) is 11.6. The van der Waals surface area contributed by atoms with Gasteiger partial charge < -0.3 is 37.2 Å². The molecule has 1 aromatic carbocycles. The summed E-state index contributed by atoms with van der Waals surface area (Å²) in [6.07, 6.45) is 2.93. The molecular formula is C24H35N5O7S. The van der Waals surface area contributed by atoms with Crippen LogP contribution in [0.1, 0.15) is 37.7 Å². The van der Waals surface area contributed by atoms with Crippen LogP contribution < -0.4 is 22.1 Å². The van der Waals surface area contributed by atoms with E-state index in [2.05, 4.69) is 10.6 Å². The number of benzene rings is 1. The van der Waals surface area contributed by atoms with E-state index in [-0.39, 0.29) is 38.0 Å². The number of carbonyl (C=O) groups excluding carboxylic acids is 4. The first kappa shape index (κ1) is 29.9. The number of phenolic OH excluding ortho intramolecular Hbond substituents is 1. The molecular weight excluding hydrogens is 502 g/mol. The highest BCUT2D eigenvalue weighted by Crippen LogP contribution is 2.20. The van der Waals surface area contributed by atoms with E-state index in [1.165, 1.54) is 28.8 Å². The first-order chi connectivity index (χ1) is 17.5. The molecule has 0 aromatic heterocycles. The minimum Gasteiger partial charge on any atom is -0.508 e. The number of aromatic hydroxyl groups is 1. The molecule has 13 heteroatoms. The van der Waals surface area contributed by atoms with Crippen LogP contribution in [0.15, 0.2) is 24.3 Å². The zero-order valence-corrected chi connectivity index (χ0v) is 21.5. The molecule has 37 heavy (non-hydrogen) atoms. The molecule has 204 valence electrons. The maximum absolute atomic E-state index is 13.4. The van der Waals surface area contributed by atoms with Crippen molar-refractivity contribution in [1.29, 1.82) is 0 Å². The molecule has 1 fully saturated rings. The van der Waals surface area contributed by atoms with Gasteiger partial charge in [0.15, 0.2) is 0 Å². The van der Waals surface area contributed by atoms with Crippen molar-refractivity contribution >= 4 is 41.4 Å². The van der Waals surface area contributed by atoms with Gasteiger partial charge in [0.25, 0.3) is 0 Å². The van der Waals surface area contributed by atoms with Crippen molar-refractivity contribution in [2.75, 3.05) is 18.6 Å². The number of thioether (sulfide) groups is 1. The van der Waals surface area contributed by atoms with E-state index in [4.69, 9.17) is 11.5 Å². The highest BCUT2D eigenvalue weighted by atomic mass is 32.2. The Labute approximate surface area is 219 Å². The Hall–Kier alpha value is -3.32. The van der Waals surface area contributed by atoms with Gasteiger partial charge in [0, 0.05) is 19.4 Å². The highest BCUT2D eigenvalue weighted by molar-refractivity contribution is 7.98. The van der Waals surface area contributed by atoms with E-state index in [1.54, 1.807) is 12.1 Å². The Balaban J connectivity index is 2.22. The lowest BCUT2D eigenvalue weighted by atomic mass is 10.0. The molecule has 4 amide bonds. The lowest BCUT2D eigenvalue weighted by Crippen LogP contribution is -2.57. The summed E-state index contributed by atoms with van der Waals surface area (Å²) >= 11 is 1.47. The van der Waals surface area contributed by atoms with E-state index in [0.717, 1.165) is 0 Å². The van der Waals surface area contributed by atoms with E-state index in [0.29, 0.717) is 24.2 Å². The zero-order valence-electron chi connectivity index (χ0n) is 20.7. The number of amides is 4. The molecule has 1 heterocycles. The molecule has 0 aliphatic carbocycles. The monoisotopic (exact) mass is 537 g/mol. The second kappa shape index (κ2) is 14.4. The van der Waals surface area contributed by atoms with Crippen LogP contribution in [0.3, 0.4) is 0 Å². The molecule has 1 aliphatic rings. The fourth-order valence-corrected chi connectivity index (χ4v) is 4.51. The van der Waals surface area contributed by atoms with Crippen molar-refractivity contribution in [3.05, 3.63) is 29.8 Å². The lowest BCUT2D eigenvalue weighted by Gasteiger charge is -2.29. The molecule has 4 unspecified atom stereocenters. The Bertz CT molecular complexity index is 975. The van der Waals surface area contributed by atoms with E-state index >= 15 is 0 Å². The van der Waals surface area contributed by atoms with E-state index in [9.17, 15) is 34.2 Å². The zero-order chi connectivity index (χ0) is 27.5. The second-order valence-electron chi connectivity index (χ2n) is 8.91. The molecule has 0 saturated carbocycles. The van der Waals surface area contributed by atoms with Crippen LogP contribution in [0.4, 0.5) is 0 Å². The third-order valence-corrected chi connectivity index (χ3v) is 6.74. The van der Waals surface area contributed by atoms with Crippen molar-refractivity contribution in [3.63, 3.8) is 0 Å². The number of carboxylic acid groups (broad SMARTS) is 1. The molecule has 2 rings (SSSR count). The first-order valence-electron chi connectivity index (χ1n) is 12.0. The molecule has 0 radical (unpaired) electrons. The van der Waals surface area contributed by atoms with Crippen LogP contribution in [0, 0.1) is 0 Å². The van der Waals surface area contributed by atoms with Gasteiger partial charge in [0.2, 0.25) is 23.6 Å². The lowest BCUT2D eigenvalue weighted by molar-refractivity contribution is -0.149. The summed E-state index contributed by atoms with van der Waals surface area (Å²) in [6.45, 7) is 0.282. The summed E-state index contributed by atoms with van der Waals surface area (Å²) < 4.78 is 0. The number of carboxylic acids is 1. The Kier molecular flexibility index (Phi) is 11.7. The molecule has 8 N–H and O–H groups in total. The van der Waals surface area contributed by atoms with Crippen molar-refractivity contribution in [3.8, 4) is 5.75 Å². The topological polar surface area (TPSA) is 205 Å². The van der Waals surface area contributed by atoms with Gasteiger partial charge in [-0.2, -0.15) is 11.8 Å². The van der Waals surface area contributed by atoms with Gasteiger partial charge in [0.05, 0.1) is 6.04 Å². The van der Waals surface area contributed by atoms with Crippen molar-refractivity contribution < 1.29 is 34.2 Å². The number of hydrogen-bond acceptors (Lipinski definition) is 8. The number of carbonyl (C=O) groups is 5. The van der Waals surface area contributed by atoms with Gasteiger partial charge in [-0.1, -0.05) is 12.1 Å². The van der Waals surface area contributed by atoms with Gasteiger partial charge in [-0.05, 0) is 55.4 Å². The Morgan fingerprint density at radius 1 is 1.08 bits per heavy atom. The normalized spacial score (nSPS) is 17.5. The number of rotatable bonds is 14. The van der Waals surface area contributed by atoms with Gasteiger partial charge in [0.1, 0.15) is 23.9 Å². The average molecular weight is 538 g/mol. The van der Waals surface area contributed by atoms with E-state index in [1.807, 2.05) is 6.26 Å². The maximum Gasteiger partial charge on any atom is 0.326 e. The molecule has 0 bridgehead atoms. The van der Waals surface area contributed by atoms with Crippen molar-refractivity contribution in [1.82, 2.24) is 15.5 Å². The van der Waals surface area contributed by atoms with Crippen molar-refractivity contribution in [2.45, 2.75) is 62.7 Å². The number of hydrogen-bond donors (Lipinski definition) is 6. The van der Waals surface area contributed by atoms with Crippen LogP contribution in [0.5, 0.6) is 5.75 Å². The van der Waals surface area contributed by atoms with Crippen molar-refractivity contribution in [2.24, 2.45) is 11.5 Å². The SMILES string of the molecule is CSCCC(NC(=O)C(Cc1ccc(O)cc1)NC(=O)C(N)CCC(N)=O)C(=O)N1CCCC1C(=O)O. The molecule has 12 nitrogen and oxygen atoms in total. The fourth-order valence-electron chi connectivity index (χ4n) is 4.04. The number of nitrogens with zero attached hydrogens (tertiary/aromatic N) is 1. The smallest absolute Gasteiger partial charge is 0.326 e. The molecule has 1 aliphatic heterocycles. The number of likely N-dealkylation sites (tertiary alicyclic amines) is 1. The molecule has 1 saturated heterocycles. The largest absolute Gasteiger partial charge is 0.508 e. The van der Waals surface area contributed by atoms with Gasteiger partial charge in [-0.3, -0.25) is 19.2 Å². The summed E-state index contributed by atoms with van der Waals surface area (Å²) in [6, 6.07) is 1.91. The fraction of sp³-hybridized carbons (Fsp3) is 0.542. The molecule has 1 aromatic rings. The predicted molar refractivity (Wildman–Crippen MR) is 137 cm³/mol. The third-order valence-electron chi connectivity index (χ3n) is 6.09. The van der Waals surface area contributed by atoms with Gasteiger partial charge in [-0.25, -0.2) is 4.79 Å². The number of nitrogens with two attached hydrogens (primary N) is 2. The second-order valence-corrected chi connectivity index (χ2v) is 9.90. The van der Waals surface area contributed by atoms with Crippen LogP contribution >= 0.6 is 11.8 Å². The first-order valence-corrected chi connectivity index (χ1v) is 13.4. The summed E-state index contributed by atoms with van der Waals surface area (Å²) in [5, 5.41) is 24.3. The maximum atomic E-state index is 13.4. The predicted octanol–water partition coefficient (Wildman–Crippen LogP) is -0.674. The average Bonchev–Trinajstić information content (AvgIpc) is 3.35. The summed E-state index contributed by atoms with van der Waals surface area (Å²) in [7, 11) is 0. The number of primary amides is 1. The minimum atomic E-state index is -1.13. The Morgan fingerprint density at radius 2 is 1.73 bits per heavy atom. The van der Waals surface area contributed by atoms with Crippen LogP contribution in [0.25, 0.3) is 0 Å². The van der Waals surface area contributed by atoms with Crippen LogP contribution in [0.2, 0.25) is 0 Å². The van der Waals surface area contributed by atoms with Gasteiger partial charge in [-0.15, -0.1) is 0 Å². The molecule has 0 spiro atoms. The highest BCUT2D eigenvalue weighted by Gasteiger charge is 2.38. The van der Waals surface area contributed by atoms with Gasteiger partial charge >= 0.3 is 5.97 Å². The van der Waals surface area contributed by atoms with Crippen LogP contribution in [-0.2, 0) is 30.4 Å².